The Kier molecular flexibility index (Phi) is 5.44. The smallest absolute Gasteiger partial charge is 0.233 e. The molecule has 1 aliphatic rings. The van der Waals surface area contributed by atoms with Crippen molar-refractivity contribution in [2.24, 2.45) is 22.2 Å². The Morgan fingerprint density at radius 1 is 1.44 bits per heavy atom. The van der Waals surface area contributed by atoms with Crippen molar-refractivity contribution in [3.63, 3.8) is 0 Å². The standard InChI is InChI=1S/C13H25N3O2/c1-3-13(2,11(14)16-18)12(17)15-9-10-7-5-4-6-8-10/h10,18H,3-9H2,1-2H3,(H2,14,16)(H,15,17). The summed E-state index contributed by atoms with van der Waals surface area (Å²) in [6.45, 7) is 4.27. The monoisotopic (exact) mass is 255 g/mol. The van der Waals surface area contributed by atoms with Crippen LogP contribution in [0.2, 0.25) is 0 Å². The number of nitrogens with zero attached hydrogens (tertiary/aromatic N) is 1. The summed E-state index contributed by atoms with van der Waals surface area (Å²) in [7, 11) is 0. The third-order valence-electron chi connectivity index (χ3n) is 4.16. The molecule has 0 radical (unpaired) electrons. The average molecular weight is 255 g/mol. The molecule has 5 nitrogen and oxygen atoms in total. The van der Waals surface area contributed by atoms with E-state index in [1.54, 1.807) is 6.92 Å². The van der Waals surface area contributed by atoms with Gasteiger partial charge in [0.2, 0.25) is 5.91 Å². The van der Waals surface area contributed by atoms with Gasteiger partial charge in [-0.1, -0.05) is 31.3 Å². The summed E-state index contributed by atoms with van der Waals surface area (Å²) in [5.41, 5.74) is 4.70. The second-order valence-corrected chi connectivity index (χ2v) is 5.38. The number of nitrogens with one attached hydrogen (secondary N) is 1. The van der Waals surface area contributed by atoms with Crippen LogP contribution in [0.25, 0.3) is 0 Å². The number of carbonyl (C=O) groups excluding carboxylic acids is 1. The second kappa shape index (κ2) is 6.61. The molecule has 1 aliphatic carbocycles. The fraction of sp³-hybridized carbons (Fsp3) is 0.846. The molecule has 0 aromatic heterocycles. The summed E-state index contributed by atoms with van der Waals surface area (Å²) < 4.78 is 0. The van der Waals surface area contributed by atoms with Gasteiger partial charge in [0, 0.05) is 6.54 Å². The number of hydrogen-bond acceptors (Lipinski definition) is 3. The molecule has 0 bridgehead atoms. The zero-order valence-electron chi connectivity index (χ0n) is 11.4. The minimum Gasteiger partial charge on any atom is -0.409 e. The summed E-state index contributed by atoms with van der Waals surface area (Å²) in [5, 5.41) is 14.7. The van der Waals surface area contributed by atoms with Gasteiger partial charge >= 0.3 is 0 Å². The summed E-state index contributed by atoms with van der Waals surface area (Å²) in [5.74, 6) is 0.410. The number of nitrogens with two attached hydrogens (primary N) is 1. The molecule has 104 valence electrons. The van der Waals surface area contributed by atoms with Gasteiger partial charge in [-0.15, -0.1) is 0 Å². The van der Waals surface area contributed by atoms with Crippen LogP contribution in [0.4, 0.5) is 0 Å². The van der Waals surface area contributed by atoms with Gasteiger partial charge in [0.25, 0.3) is 0 Å². The number of amides is 1. The van der Waals surface area contributed by atoms with E-state index in [9.17, 15) is 4.79 Å². The van der Waals surface area contributed by atoms with Crippen molar-refractivity contribution in [3.05, 3.63) is 0 Å². The van der Waals surface area contributed by atoms with Gasteiger partial charge in [-0.25, -0.2) is 0 Å². The molecule has 18 heavy (non-hydrogen) atoms. The van der Waals surface area contributed by atoms with Crippen LogP contribution in [0.15, 0.2) is 5.16 Å². The highest BCUT2D eigenvalue weighted by molar-refractivity contribution is 6.06. The van der Waals surface area contributed by atoms with E-state index in [-0.39, 0.29) is 11.7 Å². The first-order valence-electron chi connectivity index (χ1n) is 6.81. The molecule has 4 N–H and O–H groups in total. The van der Waals surface area contributed by atoms with Crippen molar-refractivity contribution < 1.29 is 10.0 Å². The van der Waals surface area contributed by atoms with Crippen LogP contribution in [0, 0.1) is 11.3 Å². The number of amidine groups is 1. The van der Waals surface area contributed by atoms with Gasteiger partial charge in [-0.3, -0.25) is 4.79 Å². The van der Waals surface area contributed by atoms with Crippen molar-refractivity contribution in [2.45, 2.75) is 52.4 Å². The lowest BCUT2D eigenvalue weighted by atomic mass is 9.84. The first kappa shape index (κ1) is 14.8. The predicted molar refractivity (Wildman–Crippen MR) is 71.4 cm³/mol. The largest absolute Gasteiger partial charge is 0.409 e. The van der Waals surface area contributed by atoms with E-state index < -0.39 is 5.41 Å². The van der Waals surface area contributed by atoms with E-state index >= 15 is 0 Å². The molecule has 0 aromatic rings. The minimum absolute atomic E-state index is 0.0221. The molecule has 0 aliphatic heterocycles. The Labute approximate surface area is 109 Å². The molecule has 0 aromatic carbocycles. The molecule has 1 atom stereocenters. The van der Waals surface area contributed by atoms with E-state index in [0.29, 0.717) is 18.9 Å². The zero-order valence-corrected chi connectivity index (χ0v) is 11.4. The molecule has 1 rings (SSSR count). The summed E-state index contributed by atoms with van der Waals surface area (Å²) in [4.78, 5) is 12.2. The summed E-state index contributed by atoms with van der Waals surface area (Å²) >= 11 is 0. The molecule has 1 amide bonds. The molecular formula is C13H25N3O2. The Morgan fingerprint density at radius 3 is 2.56 bits per heavy atom. The van der Waals surface area contributed by atoms with E-state index in [1.165, 1.54) is 32.1 Å². The van der Waals surface area contributed by atoms with Crippen molar-refractivity contribution in [2.75, 3.05) is 6.54 Å². The fourth-order valence-electron chi connectivity index (χ4n) is 2.39. The normalized spacial score (nSPS) is 21.3. The van der Waals surface area contributed by atoms with Gasteiger partial charge in [-0.05, 0) is 32.1 Å². The van der Waals surface area contributed by atoms with Crippen molar-refractivity contribution >= 4 is 11.7 Å². The molecule has 1 fully saturated rings. The van der Waals surface area contributed by atoms with Crippen LogP contribution in [-0.2, 0) is 4.79 Å². The quantitative estimate of drug-likeness (QED) is 0.303. The molecule has 1 saturated carbocycles. The third kappa shape index (κ3) is 3.37. The lowest BCUT2D eigenvalue weighted by Crippen LogP contribution is -2.48. The van der Waals surface area contributed by atoms with E-state index in [2.05, 4.69) is 10.5 Å². The third-order valence-corrected chi connectivity index (χ3v) is 4.16. The number of carbonyl (C=O) groups is 1. The van der Waals surface area contributed by atoms with Crippen molar-refractivity contribution in [3.8, 4) is 0 Å². The highest BCUT2D eigenvalue weighted by Gasteiger charge is 2.36. The first-order chi connectivity index (χ1) is 8.54. The Hall–Kier alpha value is -1.26. The van der Waals surface area contributed by atoms with Crippen LogP contribution in [-0.4, -0.2) is 23.5 Å². The molecule has 0 spiro atoms. The van der Waals surface area contributed by atoms with Crippen LogP contribution in [0.3, 0.4) is 0 Å². The maximum atomic E-state index is 12.2. The first-order valence-corrected chi connectivity index (χ1v) is 6.81. The maximum Gasteiger partial charge on any atom is 0.233 e. The average Bonchev–Trinajstić information content (AvgIpc) is 2.43. The number of rotatable bonds is 5. The van der Waals surface area contributed by atoms with Crippen molar-refractivity contribution in [1.82, 2.24) is 5.32 Å². The zero-order chi connectivity index (χ0) is 13.6. The lowest BCUT2D eigenvalue weighted by Gasteiger charge is -2.28. The highest BCUT2D eigenvalue weighted by atomic mass is 16.4. The predicted octanol–water partition coefficient (Wildman–Crippen LogP) is 1.85. The van der Waals surface area contributed by atoms with E-state index in [1.807, 2.05) is 6.92 Å². The van der Waals surface area contributed by atoms with Crippen LogP contribution in [0.5, 0.6) is 0 Å². The van der Waals surface area contributed by atoms with Gasteiger partial charge in [-0.2, -0.15) is 0 Å². The van der Waals surface area contributed by atoms with E-state index in [4.69, 9.17) is 10.9 Å². The Bertz CT molecular complexity index is 311. The fourth-order valence-corrected chi connectivity index (χ4v) is 2.39. The Morgan fingerprint density at radius 2 is 2.06 bits per heavy atom. The van der Waals surface area contributed by atoms with E-state index in [0.717, 1.165) is 0 Å². The highest BCUT2D eigenvalue weighted by Crippen LogP contribution is 2.24. The summed E-state index contributed by atoms with van der Waals surface area (Å²) in [6.07, 6.45) is 6.71. The molecule has 0 saturated heterocycles. The second-order valence-electron chi connectivity index (χ2n) is 5.38. The topological polar surface area (TPSA) is 87.7 Å². The SMILES string of the molecule is CCC(C)(C(=O)NCC1CCCCC1)C(N)=NO. The molecule has 1 unspecified atom stereocenters. The minimum atomic E-state index is -0.913. The van der Waals surface area contributed by atoms with Crippen LogP contribution in [0.1, 0.15) is 52.4 Å². The molecular weight excluding hydrogens is 230 g/mol. The molecule has 0 heterocycles. The molecule has 5 heteroatoms. The Balaban J connectivity index is 2.52. The van der Waals surface area contributed by atoms with Crippen molar-refractivity contribution in [1.29, 1.82) is 0 Å². The van der Waals surface area contributed by atoms with Gasteiger partial charge < -0.3 is 16.3 Å². The van der Waals surface area contributed by atoms with Crippen LogP contribution < -0.4 is 11.1 Å². The van der Waals surface area contributed by atoms with Gasteiger partial charge in [0.15, 0.2) is 5.84 Å². The number of hydrogen-bond donors (Lipinski definition) is 3. The number of oxime groups is 1. The lowest BCUT2D eigenvalue weighted by molar-refractivity contribution is -0.127. The van der Waals surface area contributed by atoms with Gasteiger partial charge in [0.05, 0.1) is 0 Å². The van der Waals surface area contributed by atoms with Crippen LogP contribution >= 0.6 is 0 Å². The maximum absolute atomic E-state index is 12.2. The van der Waals surface area contributed by atoms with Gasteiger partial charge in [0.1, 0.15) is 5.41 Å². The summed E-state index contributed by atoms with van der Waals surface area (Å²) in [6, 6.07) is 0.